The Morgan fingerprint density at radius 3 is 2.00 bits per heavy atom. The van der Waals surface area contributed by atoms with Crippen LogP contribution in [0.3, 0.4) is 0 Å². The summed E-state index contributed by atoms with van der Waals surface area (Å²) in [4.78, 5) is 2.55. The van der Waals surface area contributed by atoms with Gasteiger partial charge in [0.25, 0.3) is 0 Å². The average molecular weight is 365 g/mol. The van der Waals surface area contributed by atoms with Crippen LogP contribution in [0, 0.1) is 5.92 Å². The standard InChI is InChI=1S/C17H28N2O2.2ClH/c1-13(2)12-14(19-10-8-18-9-11-19)17-15(20-3)6-5-7-16(17)21-4;;/h5-7,13-14,18H,8-12H2,1-4H3;2*1H/t14-;;/m0../s1. The molecule has 0 radical (unpaired) electrons. The zero-order valence-electron chi connectivity index (χ0n) is 14.5. The highest BCUT2D eigenvalue weighted by Crippen LogP contribution is 2.40. The third-order valence-corrected chi connectivity index (χ3v) is 4.09. The Kier molecular flexibility index (Phi) is 10.7. The molecule has 0 amide bonds. The fourth-order valence-corrected chi connectivity index (χ4v) is 3.10. The molecular formula is C17H30Cl2N2O2. The average Bonchev–Trinajstić information content (AvgIpc) is 2.52. The summed E-state index contributed by atoms with van der Waals surface area (Å²) in [6.45, 7) is 8.78. The maximum absolute atomic E-state index is 5.62. The van der Waals surface area contributed by atoms with Crippen molar-refractivity contribution in [2.24, 2.45) is 5.92 Å². The molecule has 1 atom stereocenters. The summed E-state index contributed by atoms with van der Waals surface area (Å²) in [5, 5.41) is 3.43. The Balaban J connectivity index is 0.00000242. The monoisotopic (exact) mass is 364 g/mol. The molecular weight excluding hydrogens is 335 g/mol. The van der Waals surface area contributed by atoms with E-state index in [2.05, 4.69) is 24.1 Å². The molecule has 2 rings (SSSR count). The topological polar surface area (TPSA) is 33.7 Å². The highest BCUT2D eigenvalue weighted by atomic mass is 35.5. The Morgan fingerprint density at radius 2 is 1.57 bits per heavy atom. The number of benzene rings is 1. The number of nitrogens with zero attached hydrogens (tertiary/aromatic N) is 1. The van der Waals surface area contributed by atoms with Gasteiger partial charge in [-0.1, -0.05) is 19.9 Å². The van der Waals surface area contributed by atoms with Gasteiger partial charge in [0.2, 0.25) is 0 Å². The van der Waals surface area contributed by atoms with Crippen molar-refractivity contribution >= 4 is 24.8 Å². The molecule has 1 aromatic carbocycles. The van der Waals surface area contributed by atoms with Crippen LogP contribution in [-0.2, 0) is 0 Å². The predicted molar refractivity (Wildman–Crippen MR) is 101 cm³/mol. The van der Waals surface area contributed by atoms with Crippen LogP contribution in [-0.4, -0.2) is 45.3 Å². The third-order valence-electron chi connectivity index (χ3n) is 4.09. The van der Waals surface area contributed by atoms with E-state index in [-0.39, 0.29) is 24.8 Å². The number of methoxy groups -OCH3 is 2. The highest BCUT2D eigenvalue weighted by molar-refractivity contribution is 5.85. The van der Waals surface area contributed by atoms with Gasteiger partial charge in [-0.05, 0) is 24.5 Å². The SMILES string of the molecule is COc1cccc(OC)c1[C@H](CC(C)C)N1CCNCC1.Cl.Cl. The van der Waals surface area contributed by atoms with Crippen LogP contribution in [0.15, 0.2) is 18.2 Å². The van der Waals surface area contributed by atoms with E-state index in [1.165, 1.54) is 5.56 Å². The Hall–Kier alpha value is -0.680. The van der Waals surface area contributed by atoms with Crippen molar-refractivity contribution in [3.8, 4) is 11.5 Å². The Labute approximate surface area is 152 Å². The van der Waals surface area contributed by atoms with Gasteiger partial charge < -0.3 is 14.8 Å². The van der Waals surface area contributed by atoms with Gasteiger partial charge in [-0.15, -0.1) is 24.8 Å². The van der Waals surface area contributed by atoms with Crippen molar-refractivity contribution < 1.29 is 9.47 Å². The molecule has 1 aliphatic rings. The van der Waals surface area contributed by atoms with Crippen molar-refractivity contribution in [2.45, 2.75) is 26.3 Å². The van der Waals surface area contributed by atoms with E-state index in [1.54, 1.807) is 14.2 Å². The molecule has 1 fully saturated rings. The quantitative estimate of drug-likeness (QED) is 0.836. The molecule has 0 bridgehead atoms. The summed E-state index contributed by atoms with van der Waals surface area (Å²) >= 11 is 0. The largest absolute Gasteiger partial charge is 0.496 e. The fourth-order valence-electron chi connectivity index (χ4n) is 3.10. The zero-order valence-corrected chi connectivity index (χ0v) is 16.1. The van der Waals surface area contributed by atoms with Crippen molar-refractivity contribution in [1.82, 2.24) is 10.2 Å². The summed E-state index contributed by atoms with van der Waals surface area (Å²) < 4.78 is 11.2. The summed E-state index contributed by atoms with van der Waals surface area (Å²) in [5.41, 5.74) is 1.19. The van der Waals surface area contributed by atoms with Crippen molar-refractivity contribution in [1.29, 1.82) is 0 Å². The van der Waals surface area contributed by atoms with Crippen LogP contribution >= 0.6 is 24.8 Å². The predicted octanol–water partition coefficient (Wildman–Crippen LogP) is 3.54. The molecule has 1 heterocycles. The molecule has 0 spiro atoms. The molecule has 6 heteroatoms. The molecule has 0 aromatic heterocycles. The fraction of sp³-hybridized carbons (Fsp3) is 0.647. The molecule has 4 nitrogen and oxygen atoms in total. The molecule has 0 saturated carbocycles. The molecule has 1 saturated heterocycles. The number of halogens is 2. The Morgan fingerprint density at radius 1 is 1.04 bits per heavy atom. The second-order valence-corrected chi connectivity index (χ2v) is 6.01. The summed E-state index contributed by atoms with van der Waals surface area (Å²) in [7, 11) is 3.48. The molecule has 0 unspecified atom stereocenters. The summed E-state index contributed by atoms with van der Waals surface area (Å²) in [6.07, 6.45) is 1.11. The lowest BCUT2D eigenvalue weighted by molar-refractivity contribution is 0.148. The van der Waals surface area contributed by atoms with E-state index in [1.807, 2.05) is 18.2 Å². The normalized spacial score (nSPS) is 16.2. The lowest BCUT2D eigenvalue weighted by Crippen LogP contribution is -2.45. The number of hydrogen-bond donors (Lipinski definition) is 1. The minimum absolute atomic E-state index is 0. The third kappa shape index (κ3) is 5.71. The first-order chi connectivity index (χ1) is 10.2. The Bertz CT molecular complexity index is 430. The van der Waals surface area contributed by atoms with Crippen molar-refractivity contribution in [3.05, 3.63) is 23.8 Å². The second-order valence-electron chi connectivity index (χ2n) is 6.01. The van der Waals surface area contributed by atoms with Crippen LogP contribution in [0.4, 0.5) is 0 Å². The van der Waals surface area contributed by atoms with Gasteiger partial charge in [0.05, 0.1) is 19.8 Å². The van der Waals surface area contributed by atoms with E-state index in [0.717, 1.165) is 44.1 Å². The van der Waals surface area contributed by atoms with Gasteiger partial charge in [0.15, 0.2) is 0 Å². The number of piperazine rings is 1. The lowest BCUT2D eigenvalue weighted by atomic mass is 9.93. The second kappa shape index (κ2) is 11.0. The number of rotatable bonds is 6. The van der Waals surface area contributed by atoms with Crippen LogP contribution in [0.2, 0.25) is 0 Å². The lowest BCUT2D eigenvalue weighted by Gasteiger charge is -2.37. The summed E-state index contributed by atoms with van der Waals surface area (Å²) in [6, 6.07) is 6.41. The molecule has 134 valence electrons. The molecule has 1 N–H and O–H groups in total. The van der Waals surface area contributed by atoms with Gasteiger partial charge in [0, 0.05) is 32.2 Å². The van der Waals surface area contributed by atoms with Gasteiger partial charge in [0.1, 0.15) is 11.5 Å². The van der Waals surface area contributed by atoms with Crippen LogP contribution in [0.5, 0.6) is 11.5 Å². The number of nitrogens with one attached hydrogen (secondary N) is 1. The van der Waals surface area contributed by atoms with Crippen molar-refractivity contribution in [3.63, 3.8) is 0 Å². The minimum atomic E-state index is 0. The maximum Gasteiger partial charge on any atom is 0.127 e. The first-order valence-corrected chi connectivity index (χ1v) is 7.83. The first-order valence-electron chi connectivity index (χ1n) is 7.83. The van der Waals surface area contributed by atoms with Gasteiger partial charge >= 0.3 is 0 Å². The van der Waals surface area contributed by atoms with E-state index in [0.29, 0.717) is 12.0 Å². The van der Waals surface area contributed by atoms with Crippen molar-refractivity contribution in [2.75, 3.05) is 40.4 Å². The molecule has 0 aliphatic carbocycles. The first kappa shape index (κ1) is 22.3. The maximum atomic E-state index is 5.62. The molecule has 1 aromatic rings. The molecule has 1 aliphatic heterocycles. The van der Waals surface area contributed by atoms with Crippen LogP contribution < -0.4 is 14.8 Å². The van der Waals surface area contributed by atoms with Crippen LogP contribution in [0.1, 0.15) is 31.9 Å². The van der Waals surface area contributed by atoms with E-state index in [9.17, 15) is 0 Å². The van der Waals surface area contributed by atoms with Crippen LogP contribution in [0.25, 0.3) is 0 Å². The highest BCUT2D eigenvalue weighted by Gasteiger charge is 2.28. The molecule has 23 heavy (non-hydrogen) atoms. The van der Waals surface area contributed by atoms with Gasteiger partial charge in [-0.25, -0.2) is 0 Å². The van der Waals surface area contributed by atoms with E-state index in [4.69, 9.17) is 9.47 Å². The minimum Gasteiger partial charge on any atom is -0.496 e. The van der Waals surface area contributed by atoms with E-state index >= 15 is 0 Å². The number of hydrogen-bond acceptors (Lipinski definition) is 4. The zero-order chi connectivity index (χ0) is 15.2. The van der Waals surface area contributed by atoms with Gasteiger partial charge in [-0.3, -0.25) is 4.90 Å². The number of ether oxygens (including phenoxy) is 2. The van der Waals surface area contributed by atoms with Gasteiger partial charge in [-0.2, -0.15) is 0 Å². The van der Waals surface area contributed by atoms with E-state index < -0.39 is 0 Å². The summed E-state index contributed by atoms with van der Waals surface area (Å²) in [5.74, 6) is 2.48. The smallest absolute Gasteiger partial charge is 0.127 e.